The van der Waals surface area contributed by atoms with Gasteiger partial charge in [0.15, 0.2) is 0 Å². The molecule has 0 aliphatic heterocycles. The summed E-state index contributed by atoms with van der Waals surface area (Å²) >= 11 is 5.73. The van der Waals surface area contributed by atoms with E-state index in [0.717, 1.165) is 12.5 Å². The van der Waals surface area contributed by atoms with Gasteiger partial charge in [-0.25, -0.2) is 4.98 Å². The summed E-state index contributed by atoms with van der Waals surface area (Å²) in [5.41, 5.74) is -0.0270. The molecule has 0 spiro atoms. The average molecular weight is 268 g/mol. The third-order valence-corrected chi connectivity index (χ3v) is 2.49. The highest BCUT2D eigenvalue weighted by Crippen LogP contribution is 2.31. The molecule has 1 heterocycles. The second kappa shape index (κ2) is 5.69. The topological polar surface area (TPSA) is 22.1 Å². The molecule has 0 aliphatic rings. The molecule has 0 fully saturated rings. The molecule has 0 aromatic carbocycles. The van der Waals surface area contributed by atoms with Gasteiger partial charge in [-0.15, -0.1) is 0 Å². The number of rotatable bonds is 4. The summed E-state index contributed by atoms with van der Waals surface area (Å²) in [7, 11) is 0. The smallest absolute Gasteiger partial charge is 0.377 e. The molecule has 96 valence electrons. The second-order valence-electron chi connectivity index (χ2n) is 3.64. The van der Waals surface area contributed by atoms with E-state index < -0.39 is 11.9 Å². The third kappa shape index (κ3) is 3.85. The van der Waals surface area contributed by atoms with E-state index in [2.05, 4.69) is 4.98 Å². The van der Waals surface area contributed by atoms with Crippen molar-refractivity contribution < 1.29 is 17.9 Å². The van der Waals surface area contributed by atoms with Crippen LogP contribution < -0.4 is 0 Å². The van der Waals surface area contributed by atoms with Crippen LogP contribution in [-0.4, -0.2) is 11.6 Å². The van der Waals surface area contributed by atoms with Gasteiger partial charge in [0.25, 0.3) is 0 Å². The SMILES string of the molecule is CCCOCc1c(C)cc(C(F)(F)F)nc1Cl. The fourth-order valence-electron chi connectivity index (χ4n) is 1.30. The van der Waals surface area contributed by atoms with Crippen molar-refractivity contribution in [2.45, 2.75) is 33.1 Å². The minimum atomic E-state index is -4.47. The number of nitrogens with zero attached hydrogens (tertiary/aromatic N) is 1. The van der Waals surface area contributed by atoms with Crippen LogP contribution in [0.1, 0.15) is 30.2 Å². The quantitative estimate of drug-likeness (QED) is 0.608. The molecule has 1 rings (SSSR count). The maximum Gasteiger partial charge on any atom is 0.433 e. The van der Waals surface area contributed by atoms with Crippen LogP contribution in [0.25, 0.3) is 0 Å². The Morgan fingerprint density at radius 3 is 2.53 bits per heavy atom. The summed E-state index contributed by atoms with van der Waals surface area (Å²) in [6.45, 7) is 4.23. The highest BCUT2D eigenvalue weighted by molar-refractivity contribution is 6.30. The summed E-state index contributed by atoms with van der Waals surface area (Å²) in [5.74, 6) is 0. The lowest BCUT2D eigenvalue weighted by Crippen LogP contribution is -2.10. The van der Waals surface area contributed by atoms with Gasteiger partial charge in [-0.1, -0.05) is 18.5 Å². The average Bonchev–Trinajstić information content (AvgIpc) is 2.20. The molecule has 2 nitrogen and oxygen atoms in total. The molecule has 1 aromatic rings. The zero-order chi connectivity index (χ0) is 13.1. The Hall–Kier alpha value is -0.810. The number of aromatic nitrogens is 1. The van der Waals surface area contributed by atoms with Crippen LogP contribution in [0.15, 0.2) is 6.07 Å². The molecule has 0 saturated carbocycles. The van der Waals surface area contributed by atoms with Crippen LogP contribution in [0.3, 0.4) is 0 Å². The van der Waals surface area contributed by atoms with Crippen LogP contribution in [0.4, 0.5) is 13.2 Å². The van der Waals surface area contributed by atoms with Crippen LogP contribution in [0.5, 0.6) is 0 Å². The number of hydrogen-bond donors (Lipinski definition) is 0. The van der Waals surface area contributed by atoms with Crippen molar-refractivity contribution in [2.24, 2.45) is 0 Å². The van der Waals surface area contributed by atoms with Crippen molar-refractivity contribution in [2.75, 3.05) is 6.61 Å². The van der Waals surface area contributed by atoms with Gasteiger partial charge in [-0.2, -0.15) is 13.2 Å². The molecule has 0 atom stereocenters. The van der Waals surface area contributed by atoms with Crippen molar-refractivity contribution in [3.63, 3.8) is 0 Å². The molecular weight excluding hydrogens is 255 g/mol. The van der Waals surface area contributed by atoms with E-state index in [1.165, 1.54) is 0 Å². The fourth-order valence-corrected chi connectivity index (χ4v) is 1.59. The maximum absolute atomic E-state index is 12.4. The van der Waals surface area contributed by atoms with Gasteiger partial charge >= 0.3 is 6.18 Å². The fraction of sp³-hybridized carbons (Fsp3) is 0.545. The monoisotopic (exact) mass is 267 g/mol. The number of hydrogen-bond acceptors (Lipinski definition) is 2. The summed E-state index contributed by atoms with van der Waals surface area (Å²) in [6.07, 6.45) is -3.64. The van der Waals surface area contributed by atoms with Gasteiger partial charge < -0.3 is 4.74 Å². The third-order valence-electron chi connectivity index (χ3n) is 2.18. The van der Waals surface area contributed by atoms with E-state index in [1.807, 2.05) is 6.92 Å². The molecule has 17 heavy (non-hydrogen) atoms. The van der Waals surface area contributed by atoms with Crippen molar-refractivity contribution >= 4 is 11.6 Å². The van der Waals surface area contributed by atoms with Crippen molar-refractivity contribution in [3.05, 3.63) is 28.0 Å². The zero-order valence-corrected chi connectivity index (χ0v) is 10.3. The first-order valence-corrected chi connectivity index (χ1v) is 5.55. The minimum Gasteiger partial charge on any atom is -0.377 e. The molecule has 0 N–H and O–H groups in total. The van der Waals surface area contributed by atoms with Crippen LogP contribution in [0.2, 0.25) is 5.15 Å². The lowest BCUT2D eigenvalue weighted by atomic mass is 10.1. The Morgan fingerprint density at radius 2 is 2.06 bits per heavy atom. The Kier molecular flexibility index (Phi) is 4.77. The summed E-state index contributed by atoms with van der Waals surface area (Å²) in [6, 6.07) is 0.983. The zero-order valence-electron chi connectivity index (χ0n) is 9.57. The maximum atomic E-state index is 12.4. The van der Waals surface area contributed by atoms with E-state index in [-0.39, 0.29) is 11.8 Å². The second-order valence-corrected chi connectivity index (χ2v) is 4.00. The van der Waals surface area contributed by atoms with Crippen LogP contribution in [0, 0.1) is 6.92 Å². The molecular formula is C11H13ClF3NO. The largest absolute Gasteiger partial charge is 0.433 e. The van der Waals surface area contributed by atoms with Gasteiger partial charge in [0.05, 0.1) is 6.61 Å². The normalized spacial score (nSPS) is 11.9. The van der Waals surface area contributed by atoms with Gasteiger partial charge in [-0.3, -0.25) is 0 Å². The molecule has 1 aromatic heterocycles. The molecule has 0 bridgehead atoms. The van der Waals surface area contributed by atoms with Crippen LogP contribution in [-0.2, 0) is 17.5 Å². The van der Waals surface area contributed by atoms with Gasteiger partial charge in [-0.05, 0) is 25.0 Å². The molecule has 0 radical (unpaired) electrons. The van der Waals surface area contributed by atoms with Crippen molar-refractivity contribution in [1.82, 2.24) is 4.98 Å². The highest BCUT2D eigenvalue weighted by atomic mass is 35.5. The van der Waals surface area contributed by atoms with E-state index in [1.54, 1.807) is 6.92 Å². The number of ether oxygens (including phenoxy) is 1. The van der Waals surface area contributed by atoms with E-state index in [0.29, 0.717) is 17.7 Å². The van der Waals surface area contributed by atoms with E-state index >= 15 is 0 Å². The number of halogens is 4. The Balaban J connectivity index is 2.95. The highest BCUT2D eigenvalue weighted by Gasteiger charge is 2.33. The molecule has 6 heteroatoms. The summed E-state index contributed by atoms with van der Waals surface area (Å²) in [5, 5.41) is -0.145. The molecule has 0 amide bonds. The molecule has 0 saturated heterocycles. The number of aryl methyl sites for hydroxylation is 1. The standard InChI is InChI=1S/C11H13ClF3NO/c1-3-4-17-6-8-7(2)5-9(11(13,14)15)16-10(8)12/h5H,3-4,6H2,1-2H3. The summed E-state index contributed by atoms with van der Waals surface area (Å²) in [4.78, 5) is 3.34. The number of pyridine rings is 1. The van der Waals surface area contributed by atoms with Crippen LogP contribution >= 0.6 is 11.6 Å². The Morgan fingerprint density at radius 1 is 1.41 bits per heavy atom. The lowest BCUT2D eigenvalue weighted by molar-refractivity contribution is -0.141. The van der Waals surface area contributed by atoms with E-state index in [4.69, 9.17) is 16.3 Å². The van der Waals surface area contributed by atoms with Crippen molar-refractivity contribution in [1.29, 1.82) is 0 Å². The minimum absolute atomic E-state index is 0.145. The predicted octanol–water partition coefficient (Wildman–Crippen LogP) is 3.99. The van der Waals surface area contributed by atoms with Gasteiger partial charge in [0.2, 0.25) is 0 Å². The van der Waals surface area contributed by atoms with Gasteiger partial charge in [0, 0.05) is 12.2 Å². The lowest BCUT2D eigenvalue weighted by Gasteiger charge is -2.12. The van der Waals surface area contributed by atoms with Crippen molar-refractivity contribution in [3.8, 4) is 0 Å². The van der Waals surface area contributed by atoms with E-state index in [9.17, 15) is 13.2 Å². The number of alkyl halides is 3. The summed E-state index contributed by atoms with van der Waals surface area (Å²) < 4.78 is 42.6. The first-order valence-electron chi connectivity index (χ1n) is 5.17. The first-order chi connectivity index (χ1) is 7.86. The Labute approximate surface area is 103 Å². The predicted molar refractivity (Wildman–Crippen MR) is 58.9 cm³/mol. The Bertz CT molecular complexity index is 370. The molecule has 0 unspecified atom stereocenters. The first kappa shape index (κ1) is 14.3. The van der Waals surface area contributed by atoms with Gasteiger partial charge in [0.1, 0.15) is 10.8 Å². The molecule has 0 aliphatic carbocycles.